The molecule has 0 atom stereocenters. The molecule has 0 aliphatic carbocycles. The van der Waals surface area contributed by atoms with Crippen LogP contribution in [0.1, 0.15) is 54.4 Å². The van der Waals surface area contributed by atoms with Crippen molar-refractivity contribution in [1.82, 2.24) is 0 Å². The van der Waals surface area contributed by atoms with Crippen LogP contribution >= 0.6 is 0 Å². The molecule has 0 aromatic heterocycles. The summed E-state index contributed by atoms with van der Waals surface area (Å²) in [5, 5.41) is 0. The molecule has 0 saturated heterocycles. The van der Waals surface area contributed by atoms with E-state index in [0.717, 1.165) is 24.0 Å². The molecule has 1 heteroatoms. The molecule has 0 radical (unpaired) electrons. The van der Waals surface area contributed by atoms with E-state index in [4.69, 9.17) is 0 Å². The molecule has 0 aromatic carbocycles. The lowest BCUT2D eigenvalue weighted by atomic mass is 9.80. The van der Waals surface area contributed by atoms with E-state index in [2.05, 4.69) is 6.92 Å². The summed E-state index contributed by atoms with van der Waals surface area (Å²) in [5.74, 6) is 0.300. The number of allylic oxidation sites excluding steroid dienone is 2. The summed E-state index contributed by atoms with van der Waals surface area (Å²) in [5.41, 5.74) is 1.88. The number of Topliss-reactive ketones (excluding diaryl/α,β-unsaturated/α-hetero) is 1. The maximum atomic E-state index is 11.9. The summed E-state index contributed by atoms with van der Waals surface area (Å²) in [4.78, 5) is 11.9. The average molecular weight is 182 g/mol. The Morgan fingerprint density at radius 2 is 1.62 bits per heavy atom. The van der Waals surface area contributed by atoms with Crippen molar-refractivity contribution in [3.05, 3.63) is 11.1 Å². The maximum Gasteiger partial charge on any atom is 0.164 e. The van der Waals surface area contributed by atoms with Crippen molar-refractivity contribution in [1.29, 1.82) is 0 Å². The SMILES string of the molecule is CCCC(C)(C)C(=O)C(C)=C(C)C. The van der Waals surface area contributed by atoms with Gasteiger partial charge in [0.25, 0.3) is 0 Å². The van der Waals surface area contributed by atoms with Gasteiger partial charge in [0.05, 0.1) is 0 Å². The third kappa shape index (κ3) is 3.33. The molecule has 0 aromatic rings. The van der Waals surface area contributed by atoms with Crippen molar-refractivity contribution in [2.45, 2.75) is 54.4 Å². The third-order valence-electron chi connectivity index (χ3n) is 2.58. The van der Waals surface area contributed by atoms with Gasteiger partial charge in [-0.05, 0) is 32.8 Å². The number of hydrogen-bond acceptors (Lipinski definition) is 1. The minimum absolute atomic E-state index is 0.184. The van der Waals surface area contributed by atoms with Crippen molar-refractivity contribution >= 4 is 5.78 Å². The van der Waals surface area contributed by atoms with Gasteiger partial charge in [0.1, 0.15) is 0 Å². The van der Waals surface area contributed by atoms with Crippen LogP contribution in [0.25, 0.3) is 0 Å². The van der Waals surface area contributed by atoms with Gasteiger partial charge in [-0.3, -0.25) is 4.79 Å². The Balaban J connectivity index is 4.70. The molecular formula is C12H22O. The van der Waals surface area contributed by atoms with E-state index in [1.165, 1.54) is 0 Å². The smallest absolute Gasteiger partial charge is 0.164 e. The summed E-state index contributed by atoms with van der Waals surface area (Å²) in [7, 11) is 0. The lowest BCUT2D eigenvalue weighted by Gasteiger charge is -2.23. The summed E-state index contributed by atoms with van der Waals surface area (Å²) < 4.78 is 0. The minimum Gasteiger partial charge on any atom is -0.294 e. The standard InChI is InChI=1S/C12H22O/c1-7-8-12(5,6)11(13)10(4)9(2)3/h7-8H2,1-6H3. The molecule has 76 valence electrons. The lowest BCUT2D eigenvalue weighted by Crippen LogP contribution is -2.25. The molecule has 0 saturated carbocycles. The predicted molar refractivity (Wildman–Crippen MR) is 57.7 cm³/mol. The van der Waals surface area contributed by atoms with Crippen molar-refractivity contribution in [3.8, 4) is 0 Å². The molecular weight excluding hydrogens is 160 g/mol. The molecule has 0 aliphatic heterocycles. The molecule has 0 aliphatic rings. The fraction of sp³-hybridized carbons (Fsp3) is 0.750. The Kier molecular flexibility index (Phi) is 4.38. The first-order valence-corrected chi connectivity index (χ1v) is 5.01. The molecule has 0 N–H and O–H groups in total. The monoisotopic (exact) mass is 182 g/mol. The van der Waals surface area contributed by atoms with Crippen molar-refractivity contribution < 1.29 is 4.79 Å². The fourth-order valence-electron chi connectivity index (χ4n) is 1.47. The van der Waals surface area contributed by atoms with E-state index < -0.39 is 0 Å². The second-order valence-corrected chi connectivity index (χ2v) is 4.59. The second-order valence-electron chi connectivity index (χ2n) is 4.59. The zero-order valence-corrected chi connectivity index (χ0v) is 9.82. The quantitative estimate of drug-likeness (QED) is 0.605. The van der Waals surface area contributed by atoms with Crippen LogP contribution in [0.5, 0.6) is 0 Å². The third-order valence-corrected chi connectivity index (χ3v) is 2.58. The van der Waals surface area contributed by atoms with Crippen molar-refractivity contribution in [2.75, 3.05) is 0 Å². The molecule has 0 fully saturated rings. The Hall–Kier alpha value is -0.590. The van der Waals surface area contributed by atoms with Gasteiger partial charge in [0.15, 0.2) is 5.78 Å². The van der Waals surface area contributed by atoms with Gasteiger partial charge in [0.2, 0.25) is 0 Å². The zero-order valence-electron chi connectivity index (χ0n) is 9.82. The molecule has 0 unspecified atom stereocenters. The van der Waals surface area contributed by atoms with Gasteiger partial charge in [-0.1, -0.05) is 32.8 Å². The van der Waals surface area contributed by atoms with Crippen LogP contribution in [0.15, 0.2) is 11.1 Å². The first-order chi connectivity index (χ1) is 5.83. The molecule has 1 nitrogen and oxygen atoms in total. The lowest BCUT2D eigenvalue weighted by molar-refractivity contribution is -0.123. The fourth-order valence-corrected chi connectivity index (χ4v) is 1.47. The molecule has 0 rings (SSSR count). The number of rotatable bonds is 4. The number of ketones is 1. The van der Waals surface area contributed by atoms with Crippen molar-refractivity contribution in [2.24, 2.45) is 5.41 Å². The van der Waals surface area contributed by atoms with Crippen LogP contribution in [0.3, 0.4) is 0 Å². The molecule has 0 heterocycles. The Morgan fingerprint density at radius 1 is 1.15 bits per heavy atom. The molecule has 0 bridgehead atoms. The van der Waals surface area contributed by atoms with Crippen molar-refractivity contribution in [3.63, 3.8) is 0 Å². The van der Waals surface area contributed by atoms with Crippen LogP contribution in [-0.2, 0) is 4.79 Å². The average Bonchev–Trinajstić information content (AvgIpc) is 2.01. The van der Waals surface area contributed by atoms with E-state index in [9.17, 15) is 4.79 Å². The topological polar surface area (TPSA) is 17.1 Å². The van der Waals surface area contributed by atoms with E-state index in [1.54, 1.807) is 0 Å². The minimum atomic E-state index is -0.184. The highest BCUT2D eigenvalue weighted by Crippen LogP contribution is 2.27. The van der Waals surface area contributed by atoms with Gasteiger partial charge in [-0.25, -0.2) is 0 Å². The normalized spacial score (nSPS) is 11.2. The molecule has 0 spiro atoms. The van der Waals surface area contributed by atoms with Crippen LogP contribution in [0.4, 0.5) is 0 Å². The van der Waals surface area contributed by atoms with Gasteiger partial charge >= 0.3 is 0 Å². The predicted octanol–water partition coefficient (Wildman–Crippen LogP) is 3.74. The van der Waals surface area contributed by atoms with E-state index in [0.29, 0.717) is 5.78 Å². The summed E-state index contributed by atoms with van der Waals surface area (Å²) in [6.45, 7) is 12.1. The second kappa shape index (κ2) is 4.59. The number of hydrogen-bond donors (Lipinski definition) is 0. The largest absolute Gasteiger partial charge is 0.294 e. The molecule has 13 heavy (non-hydrogen) atoms. The highest BCUT2D eigenvalue weighted by Gasteiger charge is 2.27. The van der Waals surface area contributed by atoms with Crippen LogP contribution in [0, 0.1) is 5.41 Å². The highest BCUT2D eigenvalue weighted by molar-refractivity contribution is 5.99. The maximum absolute atomic E-state index is 11.9. The summed E-state index contributed by atoms with van der Waals surface area (Å²) >= 11 is 0. The Labute approximate surface area is 82.2 Å². The number of carbonyl (C=O) groups is 1. The first-order valence-electron chi connectivity index (χ1n) is 5.01. The van der Waals surface area contributed by atoms with E-state index in [-0.39, 0.29) is 5.41 Å². The first kappa shape index (κ1) is 12.4. The van der Waals surface area contributed by atoms with E-state index >= 15 is 0 Å². The van der Waals surface area contributed by atoms with Gasteiger partial charge in [0, 0.05) is 5.41 Å². The summed E-state index contributed by atoms with van der Waals surface area (Å²) in [6.07, 6.45) is 2.03. The number of carbonyl (C=O) groups excluding carboxylic acids is 1. The zero-order chi connectivity index (χ0) is 10.6. The van der Waals surface area contributed by atoms with Gasteiger partial charge in [-0.15, -0.1) is 0 Å². The van der Waals surface area contributed by atoms with Gasteiger partial charge < -0.3 is 0 Å². The van der Waals surface area contributed by atoms with Crippen LogP contribution in [0.2, 0.25) is 0 Å². The van der Waals surface area contributed by atoms with Gasteiger partial charge in [-0.2, -0.15) is 0 Å². The Bertz CT molecular complexity index is 217. The van der Waals surface area contributed by atoms with Crippen LogP contribution in [-0.4, -0.2) is 5.78 Å². The van der Waals surface area contributed by atoms with E-state index in [1.807, 2.05) is 34.6 Å². The Morgan fingerprint density at radius 3 is 1.92 bits per heavy atom. The molecule has 0 amide bonds. The highest BCUT2D eigenvalue weighted by atomic mass is 16.1. The summed E-state index contributed by atoms with van der Waals surface area (Å²) in [6, 6.07) is 0. The van der Waals surface area contributed by atoms with Crippen LogP contribution < -0.4 is 0 Å².